The average Bonchev–Trinajstić information content (AvgIpc) is 2.66. The molecular formula is C11H22N2O2. The Morgan fingerprint density at radius 2 is 2.33 bits per heavy atom. The molecule has 1 heterocycles. The van der Waals surface area contributed by atoms with Gasteiger partial charge in [0, 0.05) is 12.6 Å². The van der Waals surface area contributed by atoms with Crippen LogP contribution in [-0.2, 0) is 9.53 Å². The normalized spacial score (nSPS) is 22.3. The molecule has 88 valence electrons. The van der Waals surface area contributed by atoms with Crippen LogP contribution in [0.15, 0.2) is 0 Å². The summed E-state index contributed by atoms with van der Waals surface area (Å²) in [6.07, 6.45) is 1.23. The van der Waals surface area contributed by atoms with Crippen LogP contribution >= 0.6 is 0 Å². The van der Waals surface area contributed by atoms with Gasteiger partial charge in [-0.25, -0.2) is 0 Å². The standard InChI is InChI=1S/C11H22N2O2/c1-9(2)13-5-4-10(8-13)6-12-7-11(14)15-3/h9-10,12H,4-8H2,1-3H3. The summed E-state index contributed by atoms with van der Waals surface area (Å²) >= 11 is 0. The van der Waals surface area contributed by atoms with Gasteiger partial charge in [-0.05, 0) is 39.3 Å². The van der Waals surface area contributed by atoms with Gasteiger partial charge in [-0.3, -0.25) is 4.79 Å². The third-order valence-electron chi connectivity index (χ3n) is 2.98. The predicted octanol–water partition coefficient (Wildman–Crippen LogP) is 0.479. The molecule has 1 aliphatic heterocycles. The highest BCUT2D eigenvalue weighted by molar-refractivity contribution is 5.71. The van der Waals surface area contributed by atoms with Crippen LogP contribution in [0.2, 0.25) is 0 Å². The van der Waals surface area contributed by atoms with Gasteiger partial charge in [0.05, 0.1) is 13.7 Å². The summed E-state index contributed by atoms with van der Waals surface area (Å²) in [4.78, 5) is 13.3. The largest absolute Gasteiger partial charge is 0.468 e. The van der Waals surface area contributed by atoms with Crippen LogP contribution in [0, 0.1) is 5.92 Å². The van der Waals surface area contributed by atoms with Gasteiger partial charge in [-0.2, -0.15) is 0 Å². The van der Waals surface area contributed by atoms with Crippen molar-refractivity contribution < 1.29 is 9.53 Å². The molecule has 1 saturated heterocycles. The van der Waals surface area contributed by atoms with Crippen molar-refractivity contribution in [3.05, 3.63) is 0 Å². The van der Waals surface area contributed by atoms with Crippen molar-refractivity contribution in [2.24, 2.45) is 5.92 Å². The Bertz CT molecular complexity index is 207. The number of esters is 1. The van der Waals surface area contributed by atoms with Gasteiger partial charge in [0.1, 0.15) is 0 Å². The summed E-state index contributed by atoms with van der Waals surface area (Å²) < 4.78 is 4.56. The Kier molecular flexibility index (Phi) is 5.05. The van der Waals surface area contributed by atoms with Crippen molar-refractivity contribution in [3.63, 3.8) is 0 Å². The molecule has 0 amide bonds. The number of hydrogen-bond acceptors (Lipinski definition) is 4. The number of nitrogens with zero attached hydrogens (tertiary/aromatic N) is 1. The van der Waals surface area contributed by atoms with Crippen LogP contribution in [0.3, 0.4) is 0 Å². The Morgan fingerprint density at radius 3 is 2.87 bits per heavy atom. The average molecular weight is 214 g/mol. The van der Waals surface area contributed by atoms with Crippen LogP contribution in [0.4, 0.5) is 0 Å². The summed E-state index contributed by atoms with van der Waals surface area (Å²) in [5, 5.41) is 3.14. The van der Waals surface area contributed by atoms with E-state index in [0.717, 1.165) is 13.1 Å². The highest BCUT2D eigenvalue weighted by Crippen LogP contribution is 2.17. The molecule has 1 rings (SSSR count). The number of likely N-dealkylation sites (tertiary alicyclic amines) is 1. The second kappa shape index (κ2) is 6.08. The molecule has 0 spiro atoms. The van der Waals surface area contributed by atoms with E-state index in [9.17, 15) is 4.79 Å². The molecule has 0 saturated carbocycles. The highest BCUT2D eigenvalue weighted by Gasteiger charge is 2.23. The van der Waals surface area contributed by atoms with Gasteiger partial charge in [-0.15, -0.1) is 0 Å². The van der Waals surface area contributed by atoms with Gasteiger partial charge in [0.2, 0.25) is 0 Å². The Morgan fingerprint density at radius 1 is 1.60 bits per heavy atom. The Balaban J connectivity index is 2.11. The maximum atomic E-state index is 10.9. The summed E-state index contributed by atoms with van der Waals surface area (Å²) in [7, 11) is 1.42. The third kappa shape index (κ3) is 4.18. The van der Waals surface area contributed by atoms with Crippen LogP contribution in [0.25, 0.3) is 0 Å². The minimum Gasteiger partial charge on any atom is -0.468 e. The molecule has 0 aromatic carbocycles. The van der Waals surface area contributed by atoms with Crippen LogP contribution in [0.1, 0.15) is 20.3 Å². The van der Waals surface area contributed by atoms with Crippen LogP contribution in [-0.4, -0.2) is 50.2 Å². The first kappa shape index (κ1) is 12.5. The molecule has 4 nitrogen and oxygen atoms in total. The van der Waals surface area contributed by atoms with E-state index in [1.807, 2.05) is 0 Å². The monoisotopic (exact) mass is 214 g/mol. The van der Waals surface area contributed by atoms with Crippen molar-refractivity contribution in [2.45, 2.75) is 26.3 Å². The summed E-state index contributed by atoms with van der Waals surface area (Å²) in [5.74, 6) is 0.491. The van der Waals surface area contributed by atoms with Crippen molar-refractivity contribution in [3.8, 4) is 0 Å². The molecule has 15 heavy (non-hydrogen) atoms. The first-order valence-electron chi connectivity index (χ1n) is 5.65. The molecule has 0 bridgehead atoms. The molecule has 0 aromatic rings. The molecule has 4 heteroatoms. The van der Waals surface area contributed by atoms with Gasteiger partial charge in [0.15, 0.2) is 0 Å². The van der Waals surface area contributed by atoms with E-state index < -0.39 is 0 Å². The second-order valence-corrected chi connectivity index (χ2v) is 4.45. The van der Waals surface area contributed by atoms with E-state index in [0.29, 0.717) is 18.5 Å². The summed E-state index contributed by atoms with van der Waals surface area (Å²) in [5.41, 5.74) is 0. The minimum absolute atomic E-state index is 0.186. The lowest BCUT2D eigenvalue weighted by atomic mass is 10.1. The Hall–Kier alpha value is -0.610. The fourth-order valence-corrected chi connectivity index (χ4v) is 1.95. The Labute approximate surface area is 92.0 Å². The van der Waals surface area contributed by atoms with Crippen molar-refractivity contribution in [2.75, 3.05) is 33.3 Å². The summed E-state index contributed by atoms with van der Waals surface area (Å²) in [6.45, 7) is 8.02. The van der Waals surface area contributed by atoms with Crippen molar-refractivity contribution in [1.29, 1.82) is 0 Å². The zero-order valence-electron chi connectivity index (χ0n) is 9.95. The topological polar surface area (TPSA) is 41.6 Å². The first-order chi connectivity index (χ1) is 7.13. The van der Waals surface area contributed by atoms with Gasteiger partial charge in [0.25, 0.3) is 0 Å². The summed E-state index contributed by atoms with van der Waals surface area (Å²) in [6, 6.07) is 0.635. The van der Waals surface area contributed by atoms with Crippen LogP contribution < -0.4 is 5.32 Å². The maximum Gasteiger partial charge on any atom is 0.319 e. The predicted molar refractivity (Wildman–Crippen MR) is 59.7 cm³/mol. The number of rotatable bonds is 5. The number of nitrogens with one attached hydrogen (secondary N) is 1. The highest BCUT2D eigenvalue weighted by atomic mass is 16.5. The van der Waals surface area contributed by atoms with Gasteiger partial charge >= 0.3 is 5.97 Å². The third-order valence-corrected chi connectivity index (χ3v) is 2.98. The van der Waals surface area contributed by atoms with Crippen molar-refractivity contribution in [1.82, 2.24) is 10.2 Å². The molecule has 1 fully saturated rings. The molecule has 1 unspecified atom stereocenters. The quantitative estimate of drug-likeness (QED) is 0.676. The van der Waals surface area contributed by atoms with E-state index in [2.05, 4.69) is 28.8 Å². The lowest BCUT2D eigenvalue weighted by Crippen LogP contribution is -2.32. The number of carbonyl (C=O) groups is 1. The fourth-order valence-electron chi connectivity index (χ4n) is 1.95. The van der Waals surface area contributed by atoms with E-state index >= 15 is 0 Å². The lowest BCUT2D eigenvalue weighted by molar-refractivity contribution is -0.139. The van der Waals surface area contributed by atoms with E-state index in [-0.39, 0.29) is 5.97 Å². The second-order valence-electron chi connectivity index (χ2n) is 4.45. The van der Waals surface area contributed by atoms with E-state index in [4.69, 9.17) is 0 Å². The molecule has 1 atom stereocenters. The maximum absolute atomic E-state index is 10.9. The molecule has 1 N–H and O–H groups in total. The SMILES string of the molecule is COC(=O)CNCC1CCN(C(C)C)C1. The van der Waals surface area contributed by atoms with E-state index in [1.165, 1.54) is 20.1 Å². The van der Waals surface area contributed by atoms with Gasteiger partial charge in [-0.1, -0.05) is 0 Å². The number of ether oxygens (including phenoxy) is 1. The number of carbonyl (C=O) groups excluding carboxylic acids is 1. The fraction of sp³-hybridized carbons (Fsp3) is 0.909. The minimum atomic E-state index is -0.186. The number of methoxy groups -OCH3 is 1. The van der Waals surface area contributed by atoms with E-state index in [1.54, 1.807) is 0 Å². The van der Waals surface area contributed by atoms with Crippen molar-refractivity contribution >= 4 is 5.97 Å². The molecule has 0 aromatic heterocycles. The zero-order valence-corrected chi connectivity index (χ0v) is 9.95. The lowest BCUT2D eigenvalue weighted by Gasteiger charge is -2.20. The molecule has 0 radical (unpaired) electrons. The molecule has 0 aliphatic carbocycles. The molecular weight excluding hydrogens is 192 g/mol. The molecule has 1 aliphatic rings. The first-order valence-corrected chi connectivity index (χ1v) is 5.65. The zero-order chi connectivity index (χ0) is 11.3. The van der Waals surface area contributed by atoms with Crippen LogP contribution in [0.5, 0.6) is 0 Å². The van der Waals surface area contributed by atoms with Gasteiger partial charge < -0.3 is 15.0 Å². The smallest absolute Gasteiger partial charge is 0.319 e. The number of hydrogen-bond donors (Lipinski definition) is 1.